The fraction of sp³-hybridized carbons (Fsp3) is 0.857. The molecule has 2 atom stereocenters. The molecule has 0 unspecified atom stereocenters. The van der Waals surface area contributed by atoms with Crippen molar-refractivity contribution in [1.29, 1.82) is 0 Å². The molecule has 1 aliphatic rings. The SMILES string of the molecule is CO[C@@H]1CCC[C@@H]1OC(=O)CCNC(=O)C(C)(C)C. The highest BCUT2D eigenvalue weighted by atomic mass is 16.6. The minimum absolute atomic E-state index is 0.0214. The molecule has 0 spiro atoms. The molecular formula is C14H25NO4. The number of hydrogen-bond acceptors (Lipinski definition) is 4. The number of methoxy groups -OCH3 is 1. The van der Waals surface area contributed by atoms with Crippen molar-refractivity contribution >= 4 is 11.9 Å². The van der Waals surface area contributed by atoms with E-state index in [9.17, 15) is 9.59 Å². The zero-order chi connectivity index (χ0) is 14.5. The minimum Gasteiger partial charge on any atom is -0.460 e. The van der Waals surface area contributed by atoms with Crippen LogP contribution in [0.25, 0.3) is 0 Å². The highest BCUT2D eigenvalue weighted by Crippen LogP contribution is 2.24. The average molecular weight is 271 g/mol. The van der Waals surface area contributed by atoms with Crippen LogP contribution >= 0.6 is 0 Å². The van der Waals surface area contributed by atoms with Crippen molar-refractivity contribution in [2.24, 2.45) is 5.41 Å². The first kappa shape index (κ1) is 16.0. The van der Waals surface area contributed by atoms with Gasteiger partial charge in [0.25, 0.3) is 0 Å². The lowest BCUT2D eigenvalue weighted by Gasteiger charge is -2.20. The maximum atomic E-state index is 11.7. The molecule has 0 heterocycles. The summed E-state index contributed by atoms with van der Waals surface area (Å²) in [6.07, 6.45) is 2.92. The Hall–Kier alpha value is -1.10. The highest BCUT2D eigenvalue weighted by molar-refractivity contribution is 5.81. The monoisotopic (exact) mass is 271 g/mol. The first-order valence-electron chi connectivity index (χ1n) is 6.85. The van der Waals surface area contributed by atoms with Crippen molar-refractivity contribution in [2.75, 3.05) is 13.7 Å². The van der Waals surface area contributed by atoms with Crippen LogP contribution in [0.3, 0.4) is 0 Å². The summed E-state index contributed by atoms with van der Waals surface area (Å²) in [5.74, 6) is -0.334. The second-order valence-electron chi connectivity index (χ2n) is 5.99. The molecule has 1 aliphatic carbocycles. The van der Waals surface area contributed by atoms with Crippen LogP contribution in [-0.4, -0.2) is 37.7 Å². The number of esters is 1. The van der Waals surface area contributed by atoms with Crippen LogP contribution in [0, 0.1) is 5.41 Å². The molecule has 1 rings (SSSR count). The quantitative estimate of drug-likeness (QED) is 0.772. The molecule has 0 radical (unpaired) electrons. The molecule has 0 aromatic rings. The molecule has 0 bridgehead atoms. The number of rotatable bonds is 5. The highest BCUT2D eigenvalue weighted by Gasteiger charge is 2.30. The van der Waals surface area contributed by atoms with Gasteiger partial charge in [-0.3, -0.25) is 9.59 Å². The zero-order valence-electron chi connectivity index (χ0n) is 12.3. The van der Waals surface area contributed by atoms with Crippen molar-refractivity contribution in [1.82, 2.24) is 5.32 Å². The van der Waals surface area contributed by atoms with E-state index >= 15 is 0 Å². The first-order chi connectivity index (χ1) is 8.84. The van der Waals surface area contributed by atoms with Crippen molar-refractivity contribution in [3.05, 3.63) is 0 Å². The summed E-state index contributed by atoms with van der Waals surface area (Å²) in [4.78, 5) is 23.3. The predicted molar refractivity (Wildman–Crippen MR) is 71.6 cm³/mol. The van der Waals surface area contributed by atoms with Crippen molar-refractivity contribution in [3.63, 3.8) is 0 Å². The Morgan fingerprint density at radius 3 is 2.42 bits per heavy atom. The summed E-state index contributed by atoms with van der Waals surface area (Å²) in [5, 5.41) is 2.73. The third-order valence-electron chi connectivity index (χ3n) is 3.27. The molecule has 5 heteroatoms. The molecule has 1 saturated carbocycles. The largest absolute Gasteiger partial charge is 0.460 e. The molecule has 5 nitrogen and oxygen atoms in total. The molecule has 0 aromatic heterocycles. The molecule has 19 heavy (non-hydrogen) atoms. The van der Waals surface area contributed by atoms with Gasteiger partial charge in [0.15, 0.2) is 0 Å². The second-order valence-corrected chi connectivity index (χ2v) is 5.99. The number of nitrogens with one attached hydrogen (secondary N) is 1. The van der Waals surface area contributed by atoms with E-state index in [1.54, 1.807) is 7.11 Å². The molecule has 0 aromatic carbocycles. The van der Waals surface area contributed by atoms with Crippen LogP contribution in [0.1, 0.15) is 46.5 Å². The van der Waals surface area contributed by atoms with Gasteiger partial charge in [-0.15, -0.1) is 0 Å². The Morgan fingerprint density at radius 1 is 1.21 bits per heavy atom. The first-order valence-corrected chi connectivity index (χ1v) is 6.85. The third kappa shape index (κ3) is 5.19. The Bertz CT molecular complexity index is 322. The smallest absolute Gasteiger partial charge is 0.307 e. The summed E-state index contributed by atoms with van der Waals surface area (Å²) >= 11 is 0. The van der Waals surface area contributed by atoms with Crippen LogP contribution in [0.2, 0.25) is 0 Å². The summed E-state index contributed by atoms with van der Waals surface area (Å²) in [6, 6.07) is 0. The predicted octanol–water partition coefficient (Wildman–Crippen LogP) is 1.65. The lowest BCUT2D eigenvalue weighted by atomic mass is 9.96. The van der Waals surface area contributed by atoms with Gasteiger partial charge in [0.05, 0.1) is 12.5 Å². The van der Waals surface area contributed by atoms with Gasteiger partial charge >= 0.3 is 5.97 Å². The van der Waals surface area contributed by atoms with Gasteiger partial charge in [0.1, 0.15) is 6.10 Å². The van der Waals surface area contributed by atoms with Gasteiger partial charge in [-0.05, 0) is 19.3 Å². The number of carbonyl (C=O) groups excluding carboxylic acids is 2. The topological polar surface area (TPSA) is 64.6 Å². The van der Waals surface area contributed by atoms with Crippen LogP contribution in [-0.2, 0) is 19.1 Å². The molecular weight excluding hydrogens is 246 g/mol. The molecule has 0 saturated heterocycles. The Labute approximate surface area is 115 Å². The molecule has 1 N–H and O–H groups in total. The normalized spacial score (nSPS) is 23.2. The van der Waals surface area contributed by atoms with E-state index in [0.29, 0.717) is 6.54 Å². The summed E-state index contributed by atoms with van der Waals surface area (Å²) in [7, 11) is 1.64. The van der Waals surface area contributed by atoms with Crippen LogP contribution in [0.4, 0.5) is 0 Å². The van der Waals surface area contributed by atoms with Crippen LogP contribution in [0.5, 0.6) is 0 Å². The Morgan fingerprint density at radius 2 is 1.84 bits per heavy atom. The minimum atomic E-state index is -0.434. The lowest BCUT2D eigenvalue weighted by Crippen LogP contribution is -2.36. The Balaban J connectivity index is 2.23. The number of hydrogen-bond donors (Lipinski definition) is 1. The van der Waals surface area contributed by atoms with E-state index in [0.717, 1.165) is 19.3 Å². The summed E-state index contributed by atoms with van der Waals surface area (Å²) < 4.78 is 10.6. The zero-order valence-corrected chi connectivity index (χ0v) is 12.3. The van der Waals surface area contributed by atoms with Gasteiger partial charge in [-0.1, -0.05) is 20.8 Å². The van der Waals surface area contributed by atoms with Crippen molar-refractivity contribution < 1.29 is 19.1 Å². The van der Waals surface area contributed by atoms with E-state index in [2.05, 4.69) is 5.32 Å². The number of amides is 1. The molecule has 0 aliphatic heterocycles. The Kier molecular flexibility index (Phi) is 5.79. The van der Waals surface area contributed by atoms with E-state index in [4.69, 9.17) is 9.47 Å². The standard InChI is InChI=1S/C14H25NO4/c1-14(2,3)13(17)15-9-8-12(16)19-11-7-5-6-10(11)18-4/h10-11H,5-9H2,1-4H3,(H,15,17)/t10-,11+/m1/s1. The van der Waals surface area contributed by atoms with Gasteiger partial charge in [0, 0.05) is 19.1 Å². The lowest BCUT2D eigenvalue weighted by molar-refractivity contribution is -0.154. The average Bonchev–Trinajstić information content (AvgIpc) is 2.74. The van der Waals surface area contributed by atoms with Crippen molar-refractivity contribution in [3.8, 4) is 0 Å². The van der Waals surface area contributed by atoms with E-state index in [1.165, 1.54) is 0 Å². The van der Waals surface area contributed by atoms with Gasteiger partial charge in [-0.25, -0.2) is 0 Å². The fourth-order valence-electron chi connectivity index (χ4n) is 2.07. The van der Waals surface area contributed by atoms with E-state index in [-0.39, 0.29) is 30.5 Å². The molecule has 1 amide bonds. The second kappa shape index (κ2) is 6.89. The van der Waals surface area contributed by atoms with Gasteiger partial charge in [-0.2, -0.15) is 0 Å². The molecule has 1 fully saturated rings. The molecule has 110 valence electrons. The number of ether oxygens (including phenoxy) is 2. The van der Waals surface area contributed by atoms with Crippen LogP contribution < -0.4 is 5.32 Å². The van der Waals surface area contributed by atoms with Gasteiger partial charge < -0.3 is 14.8 Å². The fourth-order valence-corrected chi connectivity index (χ4v) is 2.07. The number of carbonyl (C=O) groups is 2. The van der Waals surface area contributed by atoms with Gasteiger partial charge in [0.2, 0.25) is 5.91 Å². The summed E-state index contributed by atoms with van der Waals surface area (Å²) in [5.41, 5.74) is -0.434. The van der Waals surface area contributed by atoms with Crippen molar-refractivity contribution in [2.45, 2.75) is 58.7 Å². The maximum absolute atomic E-state index is 11.7. The maximum Gasteiger partial charge on any atom is 0.307 e. The van der Waals surface area contributed by atoms with Crippen LogP contribution in [0.15, 0.2) is 0 Å². The third-order valence-corrected chi connectivity index (χ3v) is 3.27. The van der Waals surface area contributed by atoms with E-state index < -0.39 is 5.41 Å². The summed E-state index contributed by atoms with van der Waals surface area (Å²) in [6.45, 7) is 5.83. The van der Waals surface area contributed by atoms with E-state index in [1.807, 2.05) is 20.8 Å².